The van der Waals surface area contributed by atoms with E-state index in [0.29, 0.717) is 19.6 Å². The van der Waals surface area contributed by atoms with Crippen molar-refractivity contribution in [1.29, 1.82) is 0 Å². The first-order valence-electron chi connectivity index (χ1n) is 7.45. The van der Waals surface area contributed by atoms with E-state index in [1.807, 2.05) is 11.9 Å². The number of ether oxygens (including phenoxy) is 1. The topological polar surface area (TPSA) is 70.1 Å². The number of urea groups is 1. The van der Waals surface area contributed by atoms with Gasteiger partial charge in [-0.3, -0.25) is 4.79 Å². The van der Waals surface area contributed by atoms with Gasteiger partial charge in [0.15, 0.2) is 0 Å². The molecule has 20 heavy (non-hydrogen) atoms. The lowest BCUT2D eigenvalue weighted by molar-refractivity contribution is -0.142. The molecular formula is C14H22N2O4. The molecule has 3 heterocycles. The lowest BCUT2D eigenvalue weighted by Gasteiger charge is -2.35. The molecule has 3 saturated heterocycles. The standard InChI is InChI=1S/C14H22N2O4/c1-15(9-4-6-20-7-5-9)14(19)16-10-2-3-12(16)11(8-10)13(17)18/h9-12H,2-8H2,1H3,(H,17,18). The van der Waals surface area contributed by atoms with Gasteiger partial charge < -0.3 is 19.6 Å². The molecule has 0 spiro atoms. The van der Waals surface area contributed by atoms with Gasteiger partial charge in [-0.1, -0.05) is 0 Å². The Morgan fingerprint density at radius 2 is 1.90 bits per heavy atom. The molecule has 112 valence electrons. The third-order valence-electron chi connectivity index (χ3n) is 5.12. The number of carboxylic acids is 1. The number of hydrogen-bond donors (Lipinski definition) is 1. The van der Waals surface area contributed by atoms with Crippen LogP contribution in [-0.2, 0) is 9.53 Å². The molecule has 3 aliphatic rings. The van der Waals surface area contributed by atoms with Crippen molar-refractivity contribution in [2.75, 3.05) is 20.3 Å². The summed E-state index contributed by atoms with van der Waals surface area (Å²) in [4.78, 5) is 27.6. The predicted molar refractivity (Wildman–Crippen MR) is 71.4 cm³/mol. The Balaban J connectivity index is 1.69. The van der Waals surface area contributed by atoms with Crippen LogP contribution in [0.1, 0.15) is 32.1 Å². The third kappa shape index (κ3) is 2.16. The highest BCUT2D eigenvalue weighted by Crippen LogP contribution is 2.42. The number of hydrogen-bond acceptors (Lipinski definition) is 3. The quantitative estimate of drug-likeness (QED) is 0.825. The molecular weight excluding hydrogens is 260 g/mol. The number of fused-ring (bicyclic) bond motifs is 2. The molecule has 0 aromatic carbocycles. The predicted octanol–water partition coefficient (Wildman–Crippen LogP) is 1.15. The van der Waals surface area contributed by atoms with Crippen molar-refractivity contribution in [1.82, 2.24) is 9.80 Å². The molecule has 3 fully saturated rings. The SMILES string of the molecule is CN(C(=O)N1C2CCC1C(C(=O)O)C2)C1CCOCC1. The lowest BCUT2D eigenvalue weighted by Crippen LogP contribution is -2.50. The zero-order chi connectivity index (χ0) is 14.3. The number of aliphatic carboxylic acids is 1. The molecule has 2 amide bonds. The van der Waals surface area contributed by atoms with E-state index in [4.69, 9.17) is 4.74 Å². The minimum atomic E-state index is -0.760. The highest BCUT2D eigenvalue weighted by Gasteiger charge is 2.52. The van der Waals surface area contributed by atoms with E-state index < -0.39 is 5.97 Å². The monoisotopic (exact) mass is 282 g/mol. The molecule has 0 radical (unpaired) electrons. The Kier molecular flexibility index (Phi) is 3.58. The van der Waals surface area contributed by atoms with Crippen LogP contribution in [0.25, 0.3) is 0 Å². The Morgan fingerprint density at radius 1 is 1.20 bits per heavy atom. The van der Waals surface area contributed by atoms with E-state index in [0.717, 1.165) is 25.7 Å². The van der Waals surface area contributed by atoms with Crippen LogP contribution in [0.2, 0.25) is 0 Å². The second-order valence-electron chi connectivity index (χ2n) is 6.12. The van der Waals surface area contributed by atoms with E-state index in [1.165, 1.54) is 0 Å². The maximum absolute atomic E-state index is 12.7. The molecule has 3 aliphatic heterocycles. The molecule has 1 N–H and O–H groups in total. The molecule has 0 aromatic heterocycles. The van der Waals surface area contributed by atoms with Crippen molar-refractivity contribution in [3.63, 3.8) is 0 Å². The van der Waals surface area contributed by atoms with Gasteiger partial charge in [0.1, 0.15) is 0 Å². The van der Waals surface area contributed by atoms with E-state index in [1.54, 1.807) is 4.90 Å². The molecule has 0 aromatic rings. The zero-order valence-electron chi connectivity index (χ0n) is 11.8. The van der Waals surface area contributed by atoms with Crippen molar-refractivity contribution in [3.05, 3.63) is 0 Å². The van der Waals surface area contributed by atoms with Gasteiger partial charge in [0.25, 0.3) is 0 Å². The van der Waals surface area contributed by atoms with Gasteiger partial charge >= 0.3 is 12.0 Å². The normalized spacial score (nSPS) is 33.5. The van der Waals surface area contributed by atoms with E-state index in [9.17, 15) is 14.7 Å². The second-order valence-corrected chi connectivity index (χ2v) is 6.12. The molecule has 3 rings (SSSR count). The Labute approximate surface area is 118 Å². The van der Waals surface area contributed by atoms with Crippen LogP contribution in [0.5, 0.6) is 0 Å². The number of carbonyl (C=O) groups excluding carboxylic acids is 1. The minimum absolute atomic E-state index is 0.00755. The van der Waals surface area contributed by atoms with Crippen molar-refractivity contribution in [2.45, 2.75) is 50.2 Å². The molecule has 0 aliphatic carbocycles. The Hall–Kier alpha value is -1.30. The van der Waals surface area contributed by atoms with Crippen molar-refractivity contribution < 1.29 is 19.4 Å². The fraction of sp³-hybridized carbons (Fsp3) is 0.857. The summed E-state index contributed by atoms with van der Waals surface area (Å²) < 4.78 is 5.33. The van der Waals surface area contributed by atoms with Gasteiger partial charge in [-0.05, 0) is 32.1 Å². The first-order valence-corrected chi connectivity index (χ1v) is 7.45. The number of rotatable bonds is 2. The first kappa shape index (κ1) is 13.7. The van der Waals surface area contributed by atoms with Crippen molar-refractivity contribution in [3.8, 4) is 0 Å². The zero-order valence-corrected chi connectivity index (χ0v) is 11.8. The van der Waals surface area contributed by atoms with Crippen LogP contribution in [0.3, 0.4) is 0 Å². The summed E-state index contributed by atoms with van der Waals surface area (Å²) >= 11 is 0. The second kappa shape index (κ2) is 5.24. The average molecular weight is 282 g/mol. The maximum Gasteiger partial charge on any atom is 0.320 e. The van der Waals surface area contributed by atoms with E-state index in [2.05, 4.69) is 0 Å². The minimum Gasteiger partial charge on any atom is -0.481 e. The molecule has 3 atom stereocenters. The Morgan fingerprint density at radius 3 is 2.50 bits per heavy atom. The molecule has 6 heteroatoms. The summed E-state index contributed by atoms with van der Waals surface area (Å²) in [7, 11) is 1.84. The highest BCUT2D eigenvalue weighted by molar-refractivity contribution is 5.79. The summed E-state index contributed by atoms with van der Waals surface area (Å²) in [5.41, 5.74) is 0. The summed E-state index contributed by atoms with van der Waals surface area (Å²) in [6, 6.07) is 0.246. The van der Waals surface area contributed by atoms with Gasteiger partial charge in [-0.15, -0.1) is 0 Å². The van der Waals surface area contributed by atoms with Crippen LogP contribution in [0.15, 0.2) is 0 Å². The average Bonchev–Trinajstić information content (AvgIpc) is 3.04. The largest absolute Gasteiger partial charge is 0.481 e. The first-order chi connectivity index (χ1) is 9.59. The number of nitrogens with zero attached hydrogens (tertiary/aromatic N) is 2. The van der Waals surface area contributed by atoms with Crippen LogP contribution >= 0.6 is 0 Å². The van der Waals surface area contributed by atoms with Gasteiger partial charge in [-0.25, -0.2) is 4.79 Å². The van der Waals surface area contributed by atoms with Crippen molar-refractivity contribution in [2.24, 2.45) is 5.92 Å². The summed E-state index contributed by atoms with van der Waals surface area (Å²) in [6.07, 6.45) is 4.13. The van der Waals surface area contributed by atoms with Gasteiger partial charge in [-0.2, -0.15) is 0 Å². The van der Waals surface area contributed by atoms with E-state index in [-0.39, 0.29) is 30.1 Å². The Bertz CT molecular complexity index is 408. The van der Waals surface area contributed by atoms with E-state index >= 15 is 0 Å². The number of carboxylic acid groups (broad SMARTS) is 1. The highest BCUT2D eigenvalue weighted by atomic mass is 16.5. The third-order valence-corrected chi connectivity index (χ3v) is 5.12. The van der Waals surface area contributed by atoms with Crippen molar-refractivity contribution >= 4 is 12.0 Å². The number of carbonyl (C=O) groups is 2. The summed E-state index contributed by atoms with van der Waals surface area (Å²) in [6.45, 7) is 1.40. The lowest BCUT2D eigenvalue weighted by atomic mass is 9.89. The molecule has 3 unspecified atom stereocenters. The van der Waals surface area contributed by atoms with Crippen LogP contribution in [0.4, 0.5) is 4.79 Å². The fourth-order valence-corrected chi connectivity index (χ4v) is 3.96. The summed E-state index contributed by atoms with van der Waals surface area (Å²) in [5, 5.41) is 9.25. The van der Waals surface area contributed by atoms with Gasteiger partial charge in [0.05, 0.1) is 5.92 Å². The maximum atomic E-state index is 12.7. The van der Waals surface area contributed by atoms with Gasteiger partial charge in [0.2, 0.25) is 0 Å². The fourth-order valence-electron chi connectivity index (χ4n) is 3.96. The molecule has 0 saturated carbocycles. The van der Waals surface area contributed by atoms with Crippen LogP contribution < -0.4 is 0 Å². The molecule has 6 nitrogen and oxygen atoms in total. The van der Waals surface area contributed by atoms with Gasteiger partial charge in [0, 0.05) is 38.4 Å². The smallest absolute Gasteiger partial charge is 0.320 e. The van der Waals surface area contributed by atoms with Crippen LogP contribution in [-0.4, -0.2) is 65.3 Å². The summed E-state index contributed by atoms with van der Waals surface area (Å²) in [5.74, 6) is -1.13. The molecule has 2 bridgehead atoms. The number of amides is 2. The van der Waals surface area contributed by atoms with Crippen LogP contribution in [0, 0.1) is 5.92 Å².